The molecular weight excluding hydrogens is 390 g/mol. The molecule has 9 heteroatoms. The van der Waals surface area contributed by atoms with Crippen LogP contribution in [0.2, 0.25) is 0 Å². The van der Waals surface area contributed by atoms with Gasteiger partial charge in [-0.2, -0.15) is 0 Å². The van der Waals surface area contributed by atoms with Crippen LogP contribution in [0.5, 0.6) is 0 Å². The summed E-state index contributed by atoms with van der Waals surface area (Å²) in [6.45, 7) is 1.51. The van der Waals surface area contributed by atoms with Crippen LogP contribution in [0.3, 0.4) is 0 Å². The monoisotopic (exact) mass is 415 g/mol. The van der Waals surface area contributed by atoms with Crippen molar-refractivity contribution in [3.8, 4) is 0 Å². The minimum atomic E-state index is -1.08. The van der Waals surface area contributed by atoms with E-state index in [-0.39, 0.29) is 12.8 Å². The van der Waals surface area contributed by atoms with Crippen LogP contribution in [0.15, 0.2) is 42.5 Å². The molecule has 0 aliphatic carbocycles. The van der Waals surface area contributed by atoms with Crippen LogP contribution in [0.25, 0.3) is 0 Å². The Kier molecular flexibility index (Phi) is 8.28. The summed E-state index contributed by atoms with van der Waals surface area (Å²) in [5.74, 6) is -3.40. The second-order valence-electron chi connectivity index (χ2n) is 6.88. The third-order valence-corrected chi connectivity index (χ3v) is 4.63. The molecule has 2 rings (SSSR count). The highest BCUT2D eigenvalue weighted by molar-refractivity contribution is 6.15. The van der Waals surface area contributed by atoms with Crippen LogP contribution < -0.4 is 10.6 Å². The van der Waals surface area contributed by atoms with Crippen molar-refractivity contribution in [1.82, 2.24) is 15.5 Å². The number of amides is 4. The van der Waals surface area contributed by atoms with Gasteiger partial charge in [0.15, 0.2) is 0 Å². The lowest BCUT2D eigenvalue weighted by Crippen LogP contribution is -2.51. The van der Waals surface area contributed by atoms with Crippen molar-refractivity contribution in [2.75, 3.05) is 6.54 Å². The van der Waals surface area contributed by atoms with Crippen LogP contribution in [0.4, 0.5) is 0 Å². The molecule has 1 aromatic rings. The predicted molar refractivity (Wildman–Crippen MR) is 107 cm³/mol. The number of aliphatic carboxylic acids is 1. The van der Waals surface area contributed by atoms with Crippen molar-refractivity contribution >= 4 is 29.6 Å². The summed E-state index contributed by atoms with van der Waals surface area (Å²) in [7, 11) is 0. The number of carboxylic acid groups (broad SMARTS) is 1. The van der Waals surface area contributed by atoms with E-state index in [0.29, 0.717) is 12.0 Å². The summed E-state index contributed by atoms with van der Waals surface area (Å²) in [5.41, 5.74) is 0.625. The van der Waals surface area contributed by atoms with Gasteiger partial charge in [0.05, 0.1) is 19.0 Å². The quantitative estimate of drug-likeness (QED) is 0.460. The summed E-state index contributed by atoms with van der Waals surface area (Å²) >= 11 is 0. The normalized spacial score (nSPS) is 15.0. The van der Waals surface area contributed by atoms with Gasteiger partial charge >= 0.3 is 5.97 Å². The molecule has 1 aliphatic heterocycles. The van der Waals surface area contributed by atoms with E-state index in [4.69, 9.17) is 5.11 Å². The number of benzene rings is 1. The third kappa shape index (κ3) is 6.26. The molecule has 0 radical (unpaired) electrons. The molecule has 1 heterocycles. The van der Waals surface area contributed by atoms with Crippen molar-refractivity contribution < 1.29 is 29.1 Å². The number of nitrogens with one attached hydrogen (secondary N) is 2. The number of hydrogen-bond acceptors (Lipinski definition) is 5. The molecule has 2 atom stereocenters. The van der Waals surface area contributed by atoms with Crippen molar-refractivity contribution in [2.24, 2.45) is 0 Å². The predicted octanol–water partition coefficient (Wildman–Crippen LogP) is 0.919. The fourth-order valence-corrected chi connectivity index (χ4v) is 3.14. The highest BCUT2D eigenvalue weighted by Gasteiger charge is 2.35. The first kappa shape index (κ1) is 22.8. The standard InChI is InChI=1S/C21H25N3O6/c1-2-3-9-16(24-18(26)10-11-19(24)27)21(30)22-13-17(25)23-15(12-20(28)29)14-7-5-4-6-8-14/h4-8,10-11,15-16H,2-3,9,12-13H2,1H3,(H,22,30)(H,23,25)(H,28,29). The van der Waals surface area contributed by atoms with Gasteiger partial charge in [0.1, 0.15) is 6.04 Å². The number of carboxylic acids is 1. The van der Waals surface area contributed by atoms with Crippen molar-refractivity contribution in [2.45, 2.75) is 44.7 Å². The van der Waals surface area contributed by atoms with Gasteiger partial charge in [-0.25, -0.2) is 0 Å². The largest absolute Gasteiger partial charge is 0.481 e. The SMILES string of the molecule is CCCCC(C(=O)NCC(=O)NC(CC(=O)O)c1ccccc1)N1C(=O)C=CC1=O. The van der Waals surface area contributed by atoms with Crippen LogP contribution in [-0.2, 0) is 24.0 Å². The zero-order valence-corrected chi connectivity index (χ0v) is 16.7. The Morgan fingerprint density at radius 2 is 1.70 bits per heavy atom. The van der Waals surface area contributed by atoms with Crippen LogP contribution in [0, 0.1) is 0 Å². The minimum absolute atomic E-state index is 0.286. The molecular formula is C21H25N3O6. The van der Waals surface area contributed by atoms with Crippen molar-refractivity contribution in [1.29, 1.82) is 0 Å². The van der Waals surface area contributed by atoms with E-state index in [9.17, 15) is 24.0 Å². The van der Waals surface area contributed by atoms with Gasteiger partial charge in [0.25, 0.3) is 11.8 Å². The van der Waals surface area contributed by atoms with E-state index < -0.39 is 48.2 Å². The molecule has 0 spiro atoms. The lowest BCUT2D eigenvalue weighted by atomic mass is 10.0. The summed E-state index contributed by atoms with van der Waals surface area (Å²) in [6.07, 6.45) is 3.58. The first-order valence-corrected chi connectivity index (χ1v) is 9.72. The number of rotatable bonds is 11. The molecule has 160 valence electrons. The minimum Gasteiger partial charge on any atom is -0.481 e. The molecule has 0 bridgehead atoms. The second-order valence-corrected chi connectivity index (χ2v) is 6.88. The average molecular weight is 415 g/mol. The Balaban J connectivity index is 1.99. The van der Waals surface area contributed by atoms with Gasteiger partial charge in [-0.1, -0.05) is 50.1 Å². The zero-order chi connectivity index (χ0) is 22.1. The first-order chi connectivity index (χ1) is 14.3. The topological polar surface area (TPSA) is 133 Å². The Bertz CT molecular complexity index is 818. The molecule has 0 fully saturated rings. The maximum atomic E-state index is 12.6. The molecule has 30 heavy (non-hydrogen) atoms. The Morgan fingerprint density at radius 1 is 1.07 bits per heavy atom. The fourth-order valence-electron chi connectivity index (χ4n) is 3.14. The summed E-state index contributed by atoms with van der Waals surface area (Å²) in [4.78, 5) is 60.8. The Hall–Kier alpha value is -3.49. The fraction of sp³-hybridized carbons (Fsp3) is 0.381. The molecule has 1 aliphatic rings. The second kappa shape index (κ2) is 10.9. The zero-order valence-electron chi connectivity index (χ0n) is 16.7. The van der Waals surface area contributed by atoms with E-state index in [2.05, 4.69) is 10.6 Å². The molecule has 0 saturated heterocycles. The Labute approximate surface area is 174 Å². The lowest BCUT2D eigenvalue weighted by molar-refractivity contribution is -0.145. The Morgan fingerprint density at radius 3 is 2.27 bits per heavy atom. The number of carbonyl (C=O) groups is 5. The van der Waals surface area contributed by atoms with Gasteiger partial charge in [-0.05, 0) is 12.0 Å². The third-order valence-electron chi connectivity index (χ3n) is 4.63. The molecule has 0 saturated carbocycles. The van der Waals surface area contributed by atoms with Crippen LogP contribution in [-0.4, -0.2) is 52.2 Å². The van der Waals surface area contributed by atoms with E-state index in [1.807, 2.05) is 6.92 Å². The van der Waals surface area contributed by atoms with Gasteiger partial charge < -0.3 is 15.7 Å². The van der Waals surface area contributed by atoms with Crippen molar-refractivity contribution in [3.63, 3.8) is 0 Å². The number of nitrogens with zero attached hydrogens (tertiary/aromatic N) is 1. The molecule has 3 N–H and O–H groups in total. The van der Waals surface area contributed by atoms with E-state index in [1.165, 1.54) is 0 Å². The number of unbranched alkanes of at least 4 members (excludes halogenated alkanes) is 1. The number of imide groups is 1. The van der Waals surface area contributed by atoms with Crippen molar-refractivity contribution in [3.05, 3.63) is 48.0 Å². The van der Waals surface area contributed by atoms with E-state index in [1.54, 1.807) is 30.3 Å². The molecule has 4 amide bonds. The van der Waals surface area contributed by atoms with Gasteiger partial charge in [0.2, 0.25) is 11.8 Å². The summed E-state index contributed by atoms with van der Waals surface area (Å²) in [5, 5.41) is 14.1. The molecule has 0 aromatic heterocycles. The van der Waals surface area contributed by atoms with Gasteiger partial charge in [0, 0.05) is 12.2 Å². The van der Waals surface area contributed by atoms with E-state index in [0.717, 1.165) is 23.5 Å². The average Bonchev–Trinajstić information content (AvgIpc) is 3.05. The van der Waals surface area contributed by atoms with Crippen LogP contribution >= 0.6 is 0 Å². The summed E-state index contributed by atoms with van der Waals surface area (Å²) < 4.78 is 0. The van der Waals surface area contributed by atoms with Gasteiger partial charge in [-0.15, -0.1) is 0 Å². The lowest BCUT2D eigenvalue weighted by Gasteiger charge is -2.25. The molecule has 1 aromatic carbocycles. The van der Waals surface area contributed by atoms with E-state index >= 15 is 0 Å². The number of carbonyl (C=O) groups excluding carboxylic acids is 4. The molecule has 2 unspecified atom stereocenters. The maximum absolute atomic E-state index is 12.6. The highest BCUT2D eigenvalue weighted by Crippen LogP contribution is 2.17. The van der Waals surface area contributed by atoms with Gasteiger partial charge in [-0.3, -0.25) is 28.9 Å². The van der Waals surface area contributed by atoms with Crippen LogP contribution in [0.1, 0.15) is 44.2 Å². The highest BCUT2D eigenvalue weighted by atomic mass is 16.4. The summed E-state index contributed by atoms with van der Waals surface area (Å²) in [6, 6.07) is 6.88. The smallest absolute Gasteiger partial charge is 0.305 e. The first-order valence-electron chi connectivity index (χ1n) is 9.72. The molecule has 9 nitrogen and oxygen atoms in total. The number of hydrogen-bond donors (Lipinski definition) is 3. The maximum Gasteiger partial charge on any atom is 0.305 e.